The van der Waals surface area contributed by atoms with Gasteiger partial charge in [-0.3, -0.25) is 9.89 Å². The Bertz CT molecular complexity index is 555. The highest BCUT2D eigenvalue weighted by Gasteiger charge is 2.07. The van der Waals surface area contributed by atoms with E-state index in [1.807, 2.05) is 0 Å². The molecule has 0 saturated heterocycles. The van der Waals surface area contributed by atoms with Crippen molar-refractivity contribution in [3.05, 3.63) is 35.9 Å². The van der Waals surface area contributed by atoms with Crippen LogP contribution in [0.2, 0.25) is 0 Å². The van der Waals surface area contributed by atoms with Gasteiger partial charge in [0, 0.05) is 12.0 Å². The molecule has 0 aliphatic heterocycles. The molecule has 19 heavy (non-hydrogen) atoms. The first-order valence-corrected chi connectivity index (χ1v) is 6.37. The van der Waals surface area contributed by atoms with Gasteiger partial charge in [0.05, 0.1) is 6.54 Å². The molecule has 100 valence electrons. The number of amides is 1. The normalized spacial score (nSPS) is 10.4. The van der Waals surface area contributed by atoms with Crippen LogP contribution in [-0.2, 0) is 11.3 Å². The highest BCUT2D eigenvalue weighted by atomic mass is 32.1. The van der Waals surface area contributed by atoms with Crippen LogP contribution in [0.3, 0.4) is 0 Å². The summed E-state index contributed by atoms with van der Waals surface area (Å²) in [5.41, 5.74) is 0.714. The van der Waals surface area contributed by atoms with Gasteiger partial charge in [-0.2, -0.15) is 17.7 Å². The minimum absolute atomic E-state index is 0.0882. The molecule has 1 aromatic carbocycles. The zero-order valence-electron chi connectivity index (χ0n) is 10.1. The van der Waals surface area contributed by atoms with E-state index < -0.39 is 0 Å². The number of benzene rings is 1. The van der Waals surface area contributed by atoms with Gasteiger partial charge in [-0.05, 0) is 30.0 Å². The van der Waals surface area contributed by atoms with Crippen LogP contribution in [0.1, 0.15) is 12.2 Å². The number of H-pyrrole nitrogens is 1. The molecular formula is C12H13FN4OS. The molecule has 5 nitrogen and oxygen atoms in total. The third kappa shape index (κ3) is 3.78. The number of carbonyl (C=O) groups is 1. The van der Waals surface area contributed by atoms with Crippen molar-refractivity contribution < 1.29 is 9.18 Å². The Morgan fingerprint density at radius 3 is 2.79 bits per heavy atom. The molecule has 0 fully saturated rings. The molecule has 2 aromatic rings. The van der Waals surface area contributed by atoms with Crippen molar-refractivity contribution in [1.82, 2.24) is 20.5 Å². The predicted molar refractivity (Wildman–Crippen MR) is 72.1 cm³/mol. The Hall–Kier alpha value is -1.89. The number of aromatic amines is 1. The van der Waals surface area contributed by atoms with Gasteiger partial charge in [0.1, 0.15) is 11.6 Å². The van der Waals surface area contributed by atoms with Gasteiger partial charge in [-0.15, -0.1) is 0 Å². The number of rotatable bonds is 5. The number of nitrogens with one attached hydrogen (secondary N) is 2. The topological polar surface area (TPSA) is 70.7 Å². The minimum atomic E-state index is -0.307. The average Bonchev–Trinajstić information content (AvgIpc) is 2.86. The fourth-order valence-corrected chi connectivity index (χ4v) is 1.68. The van der Waals surface area contributed by atoms with Crippen molar-refractivity contribution in [2.45, 2.75) is 13.0 Å². The van der Waals surface area contributed by atoms with E-state index in [1.165, 1.54) is 12.1 Å². The number of nitrogens with zero attached hydrogens (tertiary/aromatic N) is 2. The van der Waals surface area contributed by atoms with Crippen LogP contribution in [0.15, 0.2) is 24.3 Å². The SMILES string of the molecule is O=C(CCS)NCc1nc(-c2ccc(F)cc2)n[nH]1. The number of aromatic nitrogens is 3. The quantitative estimate of drug-likeness (QED) is 0.728. The van der Waals surface area contributed by atoms with Crippen molar-refractivity contribution in [3.8, 4) is 11.4 Å². The van der Waals surface area contributed by atoms with Gasteiger partial charge < -0.3 is 5.32 Å². The number of hydrogen-bond donors (Lipinski definition) is 3. The van der Waals surface area contributed by atoms with Crippen LogP contribution in [0.4, 0.5) is 4.39 Å². The average molecular weight is 280 g/mol. The number of hydrogen-bond acceptors (Lipinski definition) is 4. The maximum atomic E-state index is 12.8. The van der Waals surface area contributed by atoms with Gasteiger partial charge in [0.2, 0.25) is 5.91 Å². The Balaban J connectivity index is 1.99. The minimum Gasteiger partial charge on any atom is -0.349 e. The lowest BCUT2D eigenvalue weighted by Gasteiger charge is -2.00. The molecule has 0 spiro atoms. The molecule has 0 unspecified atom stereocenters. The first-order valence-electron chi connectivity index (χ1n) is 5.74. The molecule has 0 saturated carbocycles. The maximum absolute atomic E-state index is 12.8. The van der Waals surface area contributed by atoms with Crippen LogP contribution in [0.5, 0.6) is 0 Å². The molecule has 0 atom stereocenters. The molecule has 2 N–H and O–H groups in total. The summed E-state index contributed by atoms with van der Waals surface area (Å²) in [6.07, 6.45) is 0.363. The molecule has 1 aromatic heterocycles. The van der Waals surface area contributed by atoms with Crippen molar-refractivity contribution in [3.63, 3.8) is 0 Å². The molecule has 2 rings (SSSR count). The van der Waals surface area contributed by atoms with Gasteiger partial charge >= 0.3 is 0 Å². The summed E-state index contributed by atoms with van der Waals surface area (Å²) in [4.78, 5) is 15.5. The Kier molecular flexibility index (Phi) is 4.51. The molecule has 0 aliphatic carbocycles. The van der Waals surface area contributed by atoms with E-state index in [1.54, 1.807) is 12.1 Å². The zero-order valence-corrected chi connectivity index (χ0v) is 11.0. The lowest BCUT2D eigenvalue weighted by molar-refractivity contribution is -0.120. The Labute approximate surface area is 115 Å². The third-order valence-electron chi connectivity index (χ3n) is 2.43. The van der Waals surface area contributed by atoms with Gasteiger partial charge in [-0.1, -0.05) is 0 Å². The fourth-order valence-electron chi connectivity index (χ4n) is 1.47. The van der Waals surface area contributed by atoms with Gasteiger partial charge in [-0.25, -0.2) is 9.37 Å². The van der Waals surface area contributed by atoms with E-state index in [4.69, 9.17) is 0 Å². The van der Waals surface area contributed by atoms with Gasteiger partial charge in [0.15, 0.2) is 5.82 Å². The van der Waals surface area contributed by atoms with E-state index in [9.17, 15) is 9.18 Å². The summed E-state index contributed by atoms with van der Waals surface area (Å²) < 4.78 is 12.8. The second-order valence-corrected chi connectivity index (χ2v) is 4.31. The van der Waals surface area contributed by atoms with Crippen molar-refractivity contribution in [2.24, 2.45) is 0 Å². The van der Waals surface area contributed by atoms with Crippen LogP contribution in [-0.4, -0.2) is 26.8 Å². The van der Waals surface area contributed by atoms with E-state index in [2.05, 4.69) is 33.1 Å². The summed E-state index contributed by atoms with van der Waals surface area (Å²) in [5.74, 6) is 1.13. The number of thiol groups is 1. The van der Waals surface area contributed by atoms with Crippen LogP contribution < -0.4 is 5.32 Å². The molecule has 0 bridgehead atoms. The smallest absolute Gasteiger partial charge is 0.221 e. The summed E-state index contributed by atoms with van der Waals surface area (Å²) in [6.45, 7) is 0.279. The first-order chi connectivity index (χ1) is 9.19. The van der Waals surface area contributed by atoms with Crippen LogP contribution in [0, 0.1) is 5.82 Å². The first kappa shape index (κ1) is 13.5. The summed E-state index contributed by atoms with van der Waals surface area (Å²) >= 11 is 3.97. The van der Waals surface area contributed by atoms with E-state index in [-0.39, 0.29) is 18.3 Å². The largest absolute Gasteiger partial charge is 0.349 e. The van der Waals surface area contributed by atoms with E-state index in [0.29, 0.717) is 29.4 Å². The predicted octanol–water partition coefficient (Wildman–Crippen LogP) is 1.55. The van der Waals surface area contributed by atoms with Crippen molar-refractivity contribution in [2.75, 3.05) is 5.75 Å². The zero-order chi connectivity index (χ0) is 13.7. The second-order valence-electron chi connectivity index (χ2n) is 3.86. The summed E-state index contributed by atoms with van der Waals surface area (Å²) in [7, 11) is 0. The Morgan fingerprint density at radius 1 is 1.37 bits per heavy atom. The fraction of sp³-hybridized carbons (Fsp3) is 0.250. The summed E-state index contributed by atoms with van der Waals surface area (Å²) in [5, 5.41) is 9.43. The van der Waals surface area contributed by atoms with Crippen LogP contribution >= 0.6 is 12.6 Å². The third-order valence-corrected chi connectivity index (χ3v) is 2.65. The second kappa shape index (κ2) is 6.33. The number of halogens is 1. The lowest BCUT2D eigenvalue weighted by atomic mass is 10.2. The molecule has 0 aliphatic rings. The Morgan fingerprint density at radius 2 is 2.11 bits per heavy atom. The number of carbonyl (C=O) groups excluding carboxylic acids is 1. The molecule has 1 amide bonds. The standard InChI is InChI=1S/C12H13FN4OS/c13-9-3-1-8(2-4-9)12-15-10(16-17-12)7-14-11(18)5-6-19/h1-4,19H,5-7H2,(H,14,18)(H,15,16,17). The van der Waals surface area contributed by atoms with Gasteiger partial charge in [0.25, 0.3) is 0 Å². The highest BCUT2D eigenvalue weighted by molar-refractivity contribution is 7.80. The summed E-state index contributed by atoms with van der Waals surface area (Å²) in [6, 6.07) is 5.89. The molecule has 0 radical (unpaired) electrons. The van der Waals surface area contributed by atoms with Crippen molar-refractivity contribution in [1.29, 1.82) is 0 Å². The highest BCUT2D eigenvalue weighted by Crippen LogP contribution is 2.14. The van der Waals surface area contributed by atoms with E-state index >= 15 is 0 Å². The van der Waals surface area contributed by atoms with Crippen LogP contribution in [0.25, 0.3) is 11.4 Å². The molecule has 7 heteroatoms. The molecule has 1 heterocycles. The monoisotopic (exact) mass is 280 g/mol. The van der Waals surface area contributed by atoms with E-state index in [0.717, 1.165) is 0 Å². The maximum Gasteiger partial charge on any atom is 0.221 e. The lowest BCUT2D eigenvalue weighted by Crippen LogP contribution is -2.23. The molecular weight excluding hydrogens is 267 g/mol. The van der Waals surface area contributed by atoms with Crippen molar-refractivity contribution >= 4 is 18.5 Å².